The van der Waals surface area contributed by atoms with Crippen molar-refractivity contribution < 1.29 is 4.79 Å². The number of aromatic nitrogens is 3. The number of allylic oxidation sites excluding steroid dienone is 1. The molecule has 0 spiro atoms. The molecule has 2 aromatic rings. The Bertz CT molecular complexity index is 1020. The molecule has 2 aliphatic rings. The molecular weight excluding hydrogens is 364 g/mol. The fourth-order valence-electron chi connectivity index (χ4n) is 5.00. The summed E-state index contributed by atoms with van der Waals surface area (Å²) in [5.74, 6) is 0.840. The van der Waals surface area contributed by atoms with Gasteiger partial charge in [0.2, 0.25) is 5.91 Å². The average molecular weight is 395 g/mol. The largest absolute Gasteiger partial charge is 0.342 e. The molecule has 0 aromatic carbocycles. The van der Waals surface area contributed by atoms with E-state index in [1.807, 2.05) is 40.1 Å². The van der Waals surface area contributed by atoms with Crippen LogP contribution in [-0.4, -0.2) is 38.2 Å². The Morgan fingerprint density at radius 2 is 2.03 bits per heavy atom. The highest BCUT2D eigenvalue weighted by atomic mass is 16.2. The summed E-state index contributed by atoms with van der Waals surface area (Å²) in [4.78, 5) is 27.2. The lowest BCUT2D eigenvalue weighted by atomic mass is 9.83. The maximum atomic E-state index is 13.0. The van der Waals surface area contributed by atoms with Gasteiger partial charge >= 0.3 is 0 Å². The van der Waals surface area contributed by atoms with E-state index in [1.165, 1.54) is 5.56 Å². The monoisotopic (exact) mass is 394 g/mol. The van der Waals surface area contributed by atoms with Crippen LogP contribution in [0.4, 0.5) is 0 Å². The van der Waals surface area contributed by atoms with E-state index in [4.69, 9.17) is 0 Å². The number of hydrogen-bond acceptors (Lipinski definition) is 3. The van der Waals surface area contributed by atoms with Crippen LogP contribution in [0, 0.1) is 19.8 Å². The summed E-state index contributed by atoms with van der Waals surface area (Å²) >= 11 is 0. The van der Waals surface area contributed by atoms with Gasteiger partial charge in [0.05, 0.1) is 12.2 Å². The lowest BCUT2D eigenvalue weighted by Gasteiger charge is -2.42. The second kappa shape index (κ2) is 7.65. The van der Waals surface area contributed by atoms with Gasteiger partial charge in [-0.1, -0.05) is 18.2 Å². The number of hydrogen-bond donors (Lipinski definition) is 0. The fourth-order valence-corrected chi connectivity index (χ4v) is 5.00. The molecule has 2 aromatic heterocycles. The number of rotatable bonds is 5. The quantitative estimate of drug-likeness (QED) is 0.733. The Kier molecular flexibility index (Phi) is 5.19. The van der Waals surface area contributed by atoms with Crippen LogP contribution in [0.15, 0.2) is 35.1 Å². The number of fused-ring (bicyclic) bond motifs is 4. The van der Waals surface area contributed by atoms with Crippen LogP contribution in [0.5, 0.6) is 0 Å². The van der Waals surface area contributed by atoms with Crippen molar-refractivity contribution >= 4 is 5.91 Å². The van der Waals surface area contributed by atoms with Crippen LogP contribution in [0.1, 0.15) is 48.3 Å². The summed E-state index contributed by atoms with van der Waals surface area (Å²) < 4.78 is 3.89. The topological polar surface area (TPSA) is 60.1 Å². The SMILES string of the molecule is C=C(C)Cn1nc(C)c(CCC(=O)N2CC3CC(C2)c2cccc(=O)n2C3)c1C. The van der Waals surface area contributed by atoms with E-state index < -0.39 is 0 Å². The third kappa shape index (κ3) is 3.80. The molecular formula is C23H30N4O2. The molecule has 2 atom stereocenters. The molecule has 29 heavy (non-hydrogen) atoms. The van der Waals surface area contributed by atoms with E-state index in [-0.39, 0.29) is 17.4 Å². The number of nitrogens with zero attached hydrogens (tertiary/aromatic N) is 4. The van der Waals surface area contributed by atoms with Crippen molar-refractivity contribution in [3.8, 4) is 0 Å². The van der Waals surface area contributed by atoms with Gasteiger partial charge in [0.15, 0.2) is 0 Å². The number of piperidine rings is 1. The first-order valence-corrected chi connectivity index (χ1v) is 10.5. The summed E-state index contributed by atoms with van der Waals surface area (Å²) in [6.07, 6.45) is 2.29. The van der Waals surface area contributed by atoms with Gasteiger partial charge in [0.25, 0.3) is 5.56 Å². The molecule has 0 aliphatic carbocycles. The first kappa shape index (κ1) is 19.7. The van der Waals surface area contributed by atoms with Crippen LogP contribution < -0.4 is 5.56 Å². The van der Waals surface area contributed by atoms with Crippen LogP contribution in [0.3, 0.4) is 0 Å². The van der Waals surface area contributed by atoms with Gasteiger partial charge in [-0.15, -0.1) is 0 Å². The summed E-state index contributed by atoms with van der Waals surface area (Å²) in [5, 5.41) is 4.62. The number of carbonyl (C=O) groups excluding carboxylic acids is 1. The van der Waals surface area contributed by atoms with E-state index in [1.54, 1.807) is 6.07 Å². The molecule has 0 radical (unpaired) electrons. The van der Waals surface area contributed by atoms with Crippen molar-refractivity contribution in [3.05, 3.63) is 63.4 Å². The molecule has 2 unspecified atom stereocenters. The maximum absolute atomic E-state index is 13.0. The zero-order valence-electron chi connectivity index (χ0n) is 17.6. The number of aryl methyl sites for hydroxylation is 1. The molecule has 2 bridgehead atoms. The minimum atomic E-state index is 0.0784. The van der Waals surface area contributed by atoms with Gasteiger partial charge in [-0.2, -0.15) is 5.10 Å². The van der Waals surface area contributed by atoms with Crippen molar-refractivity contribution in [2.75, 3.05) is 13.1 Å². The van der Waals surface area contributed by atoms with Crippen LogP contribution in [0.25, 0.3) is 0 Å². The standard InChI is InChI=1S/C23H30N4O2/c1-15(2)11-27-17(4)20(16(3)24-27)8-9-22(28)25-12-18-10-19(14-25)21-6-5-7-23(29)26(21)13-18/h5-7,18-19H,1,8-14H2,2-4H3. The molecule has 1 amide bonds. The molecule has 4 heterocycles. The average Bonchev–Trinajstić information content (AvgIpc) is 2.93. The van der Waals surface area contributed by atoms with Crippen molar-refractivity contribution in [2.24, 2.45) is 5.92 Å². The molecule has 154 valence electrons. The Morgan fingerprint density at radius 3 is 2.79 bits per heavy atom. The highest BCUT2D eigenvalue weighted by molar-refractivity contribution is 5.76. The number of pyridine rings is 1. The molecule has 6 nitrogen and oxygen atoms in total. The van der Waals surface area contributed by atoms with Gasteiger partial charge in [-0.25, -0.2) is 0 Å². The van der Waals surface area contributed by atoms with E-state index >= 15 is 0 Å². The third-order valence-corrected chi connectivity index (χ3v) is 6.37. The second-order valence-electron chi connectivity index (χ2n) is 8.76. The molecule has 1 fully saturated rings. The predicted molar refractivity (Wildman–Crippen MR) is 113 cm³/mol. The van der Waals surface area contributed by atoms with E-state index in [0.717, 1.165) is 48.7 Å². The fraction of sp³-hybridized carbons (Fsp3) is 0.522. The van der Waals surface area contributed by atoms with Crippen molar-refractivity contribution in [1.29, 1.82) is 0 Å². The molecule has 4 rings (SSSR count). The van der Waals surface area contributed by atoms with Crippen LogP contribution >= 0.6 is 0 Å². The molecule has 0 saturated carbocycles. The second-order valence-corrected chi connectivity index (χ2v) is 8.76. The summed E-state index contributed by atoms with van der Waals surface area (Å²) in [7, 11) is 0. The third-order valence-electron chi connectivity index (χ3n) is 6.37. The van der Waals surface area contributed by atoms with Gasteiger partial charge in [0, 0.05) is 49.4 Å². The van der Waals surface area contributed by atoms with Gasteiger partial charge in [-0.05, 0) is 51.2 Å². The molecule has 0 N–H and O–H groups in total. The first-order valence-electron chi connectivity index (χ1n) is 10.5. The molecule has 6 heteroatoms. The minimum Gasteiger partial charge on any atom is -0.342 e. The Hall–Kier alpha value is -2.63. The Labute approximate surface area is 171 Å². The Morgan fingerprint density at radius 1 is 1.24 bits per heavy atom. The zero-order chi connectivity index (χ0) is 20.7. The van der Waals surface area contributed by atoms with Crippen LogP contribution in [0.2, 0.25) is 0 Å². The van der Waals surface area contributed by atoms with Gasteiger partial charge < -0.3 is 9.47 Å². The lowest BCUT2D eigenvalue weighted by molar-refractivity contribution is -0.133. The maximum Gasteiger partial charge on any atom is 0.250 e. The van der Waals surface area contributed by atoms with Gasteiger partial charge in [0.1, 0.15) is 0 Å². The van der Waals surface area contributed by atoms with E-state index in [2.05, 4.69) is 18.6 Å². The van der Waals surface area contributed by atoms with Crippen LogP contribution in [-0.2, 0) is 24.3 Å². The molecule has 1 saturated heterocycles. The number of amides is 1. The van der Waals surface area contributed by atoms with Crippen molar-refractivity contribution in [3.63, 3.8) is 0 Å². The minimum absolute atomic E-state index is 0.0784. The summed E-state index contributed by atoms with van der Waals surface area (Å²) in [6.45, 7) is 13.0. The van der Waals surface area contributed by atoms with E-state index in [9.17, 15) is 9.59 Å². The number of carbonyl (C=O) groups is 1. The first-order chi connectivity index (χ1) is 13.8. The normalized spacial score (nSPS) is 20.4. The predicted octanol–water partition coefficient (Wildman–Crippen LogP) is 2.82. The molecule has 2 aliphatic heterocycles. The van der Waals surface area contributed by atoms with Crippen molar-refractivity contribution in [2.45, 2.75) is 59.0 Å². The highest BCUT2D eigenvalue weighted by Crippen LogP contribution is 2.35. The van der Waals surface area contributed by atoms with E-state index in [0.29, 0.717) is 25.3 Å². The van der Waals surface area contributed by atoms with Crippen molar-refractivity contribution in [1.82, 2.24) is 19.2 Å². The summed E-state index contributed by atoms with van der Waals surface area (Å²) in [5.41, 5.74) is 5.53. The Balaban J connectivity index is 1.44. The highest BCUT2D eigenvalue weighted by Gasteiger charge is 2.36. The summed E-state index contributed by atoms with van der Waals surface area (Å²) in [6, 6.07) is 5.51. The lowest BCUT2D eigenvalue weighted by Crippen LogP contribution is -2.49. The van der Waals surface area contributed by atoms with Gasteiger partial charge in [-0.3, -0.25) is 14.3 Å². The smallest absolute Gasteiger partial charge is 0.250 e. The zero-order valence-corrected chi connectivity index (χ0v) is 17.6. The number of likely N-dealkylation sites (tertiary alicyclic amines) is 1.